The summed E-state index contributed by atoms with van der Waals surface area (Å²) in [5.41, 5.74) is 8.06. The fourth-order valence-electron chi connectivity index (χ4n) is 9.04. The Morgan fingerprint density at radius 3 is 1.72 bits per heavy atom. The number of aromatic amines is 1. The SMILES string of the molecule is CCOC(=O)c1[nH]c(-c2cccc3ccccc23)c2c1C1CCC2c2c1c1c3ccccc3ccc1c1ccc3ccccc3c21. The second-order valence-corrected chi connectivity index (χ2v) is 12.9. The molecule has 0 saturated heterocycles. The van der Waals surface area contributed by atoms with Crippen molar-refractivity contribution < 1.29 is 9.53 Å². The monoisotopic (exact) mass is 593 g/mol. The van der Waals surface area contributed by atoms with Crippen LogP contribution in [0.4, 0.5) is 0 Å². The standard InChI is InChI=1S/C43H31NO2/c1-2-46-43(45)42-40-34-23-22-33(39(40)41(44-42)32-17-9-13-24-10-3-6-14-27(24)32)37-35-28-15-7-4-11-25(28)18-20-30(35)31-21-19-26-12-5-8-16-29(26)36(31)38(34)37/h3-21,33-34,44H,2,22-23H2,1H3. The number of benzene rings is 7. The number of carbonyl (C=O) groups excluding carboxylic acids is 1. The molecule has 220 valence electrons. The summed E-state index contributed by atoms with van der Waals surface area (Å²) in [5.74, 6) is -0.0501. The highest BCUT2D eigenvalue weighted by molar-refractivity contribution is 6.25. The number of aromatic nitrogens is 1. The minimum absolute atomic E-state index is 0.0751. The molecule has 0 saturated carbocycles. The summed E-state index contributed by atoms with van der Waals surface area (Å²) in [6, 6.07) is 41.9. The number of nitrogens with one attached hydrogen (secondary N) is 1. The van der Waals surface area contributed by atoms with Gasteiger partial charge in [0.25, 0.3) is 0 Å². The minimum Gasteiger partial charge on any atom is -0.461 e. The molecule has 2 atom stereocenters. The second kappa shape index (κ2) is 9.55. The van der Waals surface area contributed by atoms with Crippen molar-refractivity contribution >= 4 is 59.8 Å². The van der Waals surface area contributed by atoms with E-state index in [1.54, 1.807) is 0 Å². The molecule has 0 radical (unpaired) electrons. The van der Waals surface area contributed by atoms with Crippen molar-refractivity contribution in [2.75, 3.05) is 6.61 Å². The maximum atomic E-state index is 13.8. The van der Waals surface area contributed by atoms with Gasteiger partial charge < -0.3 is 9.72 Å². The zero-order valence-electron chi connectivity index (χ0n) is 25.6. The highest BCUT2D eigenvalue weighted by atomic mass is 16.5. The molecule has 1 aromatic heterocycles. The van der Waals surface area contributed by atoms with Gasteiger partial charge in [0.1, 0.15) is 5.69 Å². The van der Waals surface area contributed by atoms with Crippen molar-refractivity contribution in [2.45, 2.75) is 31.6 Å². The zero-order valence-corrected chi connectivity index (χ0v) is 25.6. The van der Waals surface area contributed by atoms with Crippen molar-refractivity contribution in [3.63, 3.8) is 0 Å². The molecule has 0 fully saturated rings. The minimum atomic E-state index is -0.264. The Morgan fingerprint density at radius 2 is 1.11 bits per heavy atom. The lowest BCUT2D eigenvalue weighted by Crippen LogP contribution is -2.26. The topological polar surface area (TPSA) is 42.1 Å². The fourth-order valence-corrected chi connectivity index (χ4v) is 9.04. The predicted molar refractivity (Wildman–Crippen MR) is 189 cm³/mol. The average molecular weight is 594 g/mol. The van der Waals surface area contributed by atoms with Crippen LogP contribution in [0.25, 0.3) is 65.1 Å². The van der Waals surface area contributed by atoms with Crippen molar-refractivity contribution in [2.24, 2.45) is 0 Å². The lowest BCUT2D eigenvalue weighted by molar-refractivity contribution is 0.0518. The molecule has 3 nitrogen and oxygen atoms in total. The third-order valence-electron chi connectivity index (χ3n) is 10.7. The third kappa shape index (κ3) is 3.35. The molecule has 2 bridgehead atoms. The van der Waals surface area contributed by atoms with Crippen LogP contribution in [0.2, 0.25) is 0 Å². The Bertz CT molecular complexity index is 2580. The first-order valence-corrected chi connectivity index (χ1v) is 16.4. The van der Waals surface area contributed by atoms with Crippen LogP contribution in [-0.2, 0) is 4.74 Å². The van der Waals surface area contributed by atoms with Gasteiger partial charge in [-0.2, -0.15) is 0 Å². The van der Waals surface area contributed by atoms with E-state index in [0.717, 1.165) is 29.7 Å². The zero-order chi connectivity index (χ0) is 30.5. The van der Waals surface area contributed by atoms with E-state index < -0.39 is 0 Å². The van der Waals surface area contributed by atoms with Crippen LogP contribution in [0.3, 0.4) is 0 Å². The van der Waals surface area contributed by atoms with Gasteiger partial charge in [0.15, 0.2) is 0 Å². The van der Waals surface area contributed by atoms with E-state index in [4.69, 9.17) is 4.74 Å². The first-order chi connectivity index (χ1) is 22.7. The Hall–Kier alpha value is -5.41. The Labute approximate surface area is 266 Å². The van der Waals surface area contributed by atoms with Crippen LogP contribution < -0.4 is 0 Å². The normalized spacial score (nSPS) is 16.8. The largest absolute Gasteiger partial charge is 0.461 e. The summed E-state index contributed by atoms with van der Waals surface area (Å²) in [4.78, 5) is 17.5. The van der Waals surface area contributed by atoms with Crippen molar-refractivity contribution in [3.8, 4) is 11.3 Å². The van der Waals surface area contributed by atoms with Crippen LogP contribution in [-0.4, -0.2) is 17.6 Å². The molecule has 46 heavy (non-hydrogen) atoms. The number of rotatable bonds is 3. The van der Waals surface area contributed by atoms with Crippen LogP contribution in [0.5, 0.6) is 0 Å². The molecule has 3 aliphatic rings. The summed E-state index contributed by atoms with van der Waals surface area (Å²) >= 11 is 0. The summed E-state index contributed by atoms with van der Waals surface area (Å²) in [6.45, 7) is 2.22. The van der Waals surface area contributed by atoms with Gasteiger partial charge in [0.2, 0.25) is 0 Å². The van der Waals surface area contributed by atoms with E-state index in [-0.39, 0.29) is 17.8 Å². The van der Waals surface area contributed by atoms with Crippen LogP contribution >= 0.6 is 0 Å². The van der Waals surface area contributed by atoms with Gasteiger partial charge >= 0.3 is 5.97 Å². The molecule has 1 heterocycles. The van der Waals surface area contributed by atoms with Gasteiger partial charge in [-0.25, -0.2) is 4.79 Å². The molecular formula is C43H31NO2. The van der Waals surface area contributed by atoms with Gasteiger partial charge in [-0.1, -0.05) is 115 Å². The summed E-state index contributed by atoms with van der Waals surface area (Å²) < 4.78 is 5.74. The third-order valence-corrected chi connectivity index (χ3v) is 10.7. The number of carbonyl (C=O) groups is 1. The van der Waals surface area contributed by atoms with Crippen LogP contribution in [0, 0.1) is 0 Å². The van der Waals surface area contributed by atoms with E-state index in [1.807, 2.05) is 6.92 Å². The van der Waals surface area contributed by atoms with Gasteiger partial charge in [0, 0.05) is 17.4 Å². The smallest absolute Gasteiger partial charge is 0.355 e. The maximum Gasteiger partial charge on any atom is 0.355 e. The number of hydrogen-bond donors (Lipinski definition) is 1. The highest BCUT2D eigenvalue weighted by Gasteiger charge is 2.45. The first-order valence-electron chi connectivity index (χ1n) is 16.4. The van der Waals surface area contributed by atoms with Gasteiger partial charge in [-0.05, 0) is 95.9 Å². The Balaban J connectivity index is 1.40. The lowest BCUT2D eigenvalue weighted by Gasteiger charge is -2.41. The van der Waals surface area contributed by atoms with Crippen molar-refractivity contribution in [1.82, 2.24) is 4.98 Å². The molecule has 7 aromatic carbocycles. The van der Waals surface area contributed by atoms with E-state index in [9.17, 15) is 4.79 Å². The Morgan fingerprint density at radius 1 is 0.587 bits per heavy atom. The van der Waals surface area contributed by atoms with E-state index in [1.165, 1.54) is 70.6 Å². The molecule has 3 aliphatic carbocycles. The number of hydrogen-bond acceptors (Lipinski definition) is 2. The van der Waals surface area contributed by atoms with Gasteiger partial charge in [-0.3, -0.25) is 0 Å². The molecule has 0 spiro atoms. The highest BCUT2D eigenvalue weighted by Crippen LogP contribution is 2.61. The van der Waals surface area contributed by atoms with E-state index in [0.29, 0.717) is 12.3 Å². The molecule has 0 aliphatic heterocycles. The number of fused-ring (bicyclic) bond motifs is 9. The predicted octanol–water partition coefficient (Wildman–Crippen LogP) is 11.0. The lowest BCUT2D eigenvalue weighted by atomic mass is 9.61. The first kappa shape index (κ1) is 25.9. The van der Waals surface area contributed by atoms with E-state index >= 15 is 0 Å². The van der Waals surface area contributed by atoms with Gasteiger partial charge in [-0.15, -0.1) is 0 Å². The van der Waals surface area contributed by atoms with Crippen LogP contribution in [0.1, 0.15) is 64.3 Å². The molecule has 11 rings (SSSR count). The molecule has 0 amide bonds. The maximum absolute atomic E-state index is 13.8. The average Bonchev–Trinajstić information content (AvgIpc) is 3.53. The quantitative estimate of drug-likeness (QED) is 0.164. The molecule has 2 unspecified atom stereocenters. The van der Waals surface area contributed by atoms with Crippen molar-refractivity contribution in [1.29, 1.82) is 0 Å². The Kier molecular flexibility index (Phi) is 5.37. The molecule has 8 aromatic rings. The van der Waals surface area contributed by atoms with Crippen molar-refractivity contribution in [3.05, 3.63) is 143 Å². The summed E-state index contributed by atoms with van der Waals surface area (Å²) in [6.07, 6.45) is 2.04. The summed E-state index contributed by atoms with van der Waals surface area (Å²) in [5, 5.41) is 12.7. The molecule has 1 N–H and O–H groups in total. The fraction of sp³-hybridized carbons (Fsp3) is 0.140. The molecule has 3 heteroatoms. The summed E-state index contributed by atoms with van der Waals surface area (Å²) in [7, 11) is 0. The van der Waals surface area contributed by atoms with Gasteiger partial charge in [0.05, 0.1) is 12.3 Å². The second-order valence-electron chi connectivity index (χ2n) is 12.9. The molecular weight excluding hydrogens is 562 g/mol. The van der Waals surface area contributed by atoms with E-state index in [2.05, 4.69) is 120 Å². The number of H-pyrrole nitrogens is 1. The van der Waals surface area contributed by atoms with Crippen LogP contribution in [0.15, 0.2) is 115 Å². The number of esters is 1. The number of ether oxygens (including phenoxy) is 1.